The van der Waals surface area contributed by atoms with Crippen molar-refractivity contribution in [3.63, 3.8) is 0 Å². The summed E-state index contributed by atoms with van der Waals surface area (Å²) < 4.78 is 28.2. The van der Waals surface area contributed by atoms with Gasteiger partial charge in [-0.1, -0.05) is 28.1 Å². The number of aliphatic imine (C=N–C) groups is 1. The van der Waals surface area contributed by atoms with Gasteiger partial charge in [-0.05, 0) is 55.0 Å². The van der Waals surface area contributed by atoms with Gasteiger partial charge >= 0.3 is 0 Å². The third kappa shape index (κ3) is 3.25. The number of aromatic amines is 1. The predicted octanol–water partition coefficient (Wildman–Crippen LogP) is 5.58. The Balaban J connectivity index is 1.61. The van der Waals surface area contributed by atoms with Crippen LogP contribution in [0.4, 0.5) is 8.78 Å². The van der Waals surface area contributed by atoms with Gasteiger partial charge in [0.05, 0.1) is 11.4 Å². The van der Waals surface area contributed by atoms with E-state index in [1.807, 2.05) is 12.1 Å². The van der Waals surface area contributed by atoms with Crippen LogP contribution in [-0.2, 0) is 12.8 Å². The molecule has 25 heavy (non-hydrogen) atoms. The van der Waals surface area contributed by atoms with E-state index in [1.54, 1.807) is 0 Å². The summed E-state index contributed by atoms with van der Waals surface area (Å²) in [7, 11) is 0. The molecule has 2 aromatic carbocycles. The molecule has 0 saturated heterocycles. The van der Waals surface area contributed by atoms with E-state index >= 15 is 0 Å². The van der Waals surface area contributed by atoms with Crippen LogP contribution in [0.25, 0.3) is 10.9 Å². The van der Waals surface area contributed by atoms with Crippen LogP contribution in [0.5, 0.6) is 0 Å². The molecule has 1 aliphatic rings. The molecule has 0 spiro atoms. The highest BCUT2D eigenvalue weighted by Crippen LogP contribution is 2.30. The molecule has 4 rings (SSSR count). The molecule has 0 fully saturated rings. The summed E-state index contributed by atoms with van der Waals surface area (Å²) in [4.78, 5) is 8.02. The molecule has 3 aromatic rings. The van der Waals surface area contributed by atoms with Crippen molar-refractivity contribution in [2.24, 2.45) is 4.99 Å². The minimum atomic E-state index is -0.820. The zero-order valence-corrected chi connectivity index (χ0v) is 15.2. The van der Waals surface area contributed by atoms with E-state index in [4.69, 9.17) is 4.99 Å². The minimum Gasteiger partial charge on any atom is -0.353 e. The van der Waals surface area contributed by atoms with Crippen LogP contribution in [0.3, 0.4) is 0 Å². The van der Waals surface area contributed by atoms with E-state index in [2.05, 4.69) is 33.0 Å². The third-order valence-electron chi connectivity index (χ3n) is 4.69. The normalized spacial score (nSPS) is 15.7. The maximum atomic E-state index is 13.6. The van der Waals surface area contributed by atoms with E-state index in [9.17, 15) is 8.78 Å². The molecule has 1 N–H and O–H groups in total. The maximum Gasteiger partial charge on any atom is 0.160 e. The molecule has 1 aliphatic carbocycles. The van der Waals surface area contributed by atoms with E-state index in [0.717, 1.165) is 52.5 Å². The molecule has 5 heteroatoms. The molecule has 0 bridgehead atoms. The van der Waals surface area contributed by atoms with Gasteiger partial charge in [0.25, 0.3) is 0 Å². The molecule has 1 aromatic heterocycles. The fourth-order valence-electron chi connectivity index (χ4n) is 3.44. The lowest BCUT2D eigenvalue weighted by Crippen LogP contribution is -2.12. The summed E-state index contributed by atoms with van der Waals surface area (Å²) in [5, 5.41) is 0.772. The van der Waals surface area contributed by atoms with Crippen molar-refractivity contribution in [3.05, 3.63) is 69.3 Å². The standard InChI is InChI=1S/C20H17BrF2N2/c21-13-6-4-12(5-7-13)8-9-24-18-3-1-2-14-15-10-16(22)17(23)11-19(15)25-20(14)18/h4-7,10-11,25H,1-3,8-9H2/b24-18+. The number of aromatic nitrogens is 1. The first-order chi connectivity index (χ1) is 12.1. The molecule has 0 amide bonds. The highest BCUT2D eigenvalue weighted by molar-refractivity contribution is 9.10. The highest BCUT2D eigenvalue weighted by atomic mass is 79.9. The average Bonchev–Trinajstić information content (AvgIpc) is 2.95. The lowest BCUT2D eigenvalue weighted by Gasteiger charge is -2.14. The van der Waals surface area contributed by atoms with Crippen molar-refractivity contribution in [3.8, 4) is 0 Å². The van der Waals surface area contributed by atoms with Crippen LogP contribution in [0, 0.1) is 11.6 Å². The van der Waals surface area contributed by atoms with Crippen molar-refractivity contribution < 1.29 is 8.78 Å². The minimum absolute atomic E-state index is 0.645. The molecule has 2 nitrogen and oxygen atoms in total. The van der Waals surface area contributed by atoms with Crippen LogP contribution < -0.4 is 0 Å². The Labute approximate surface area is 153 Å². The zero-order valence-electron chi connectivity index (χ0n) is 13.6. The Bertz CT molecular complexity index is 958. The Morgan fingerprint density at radius 1 is 1.04 bits per heavy atom. The Morgan fingerprint density at radius 2 is 1.80 bits per heavy atom. The van der Waals surface area contributed by atoms with Gasteiger partial charge in [-0.2, -0.15) is 0 Å². The predicted molar refractivity (Wildman–Crippen MR) is 100 cm³/mol. The van der Waals surface area contributed by atoms with Crippen molar-refractivity contribution in [1.29, 1.82) is 0 Å². The largest absolute Gasteiger partial charge is 0.353 e. The molecule has 0 aliphatic heterocycles. The number of fused-ring (bicyclic) bond motifs is 3. The molecule has 0 atom stereocenters. The van der Waals surface area contributed by atoms with Crippen LogP contribution in [0.15, 0.2) is 45.9 Å². The first-order valence-electron chi connectivity index (χ1n) is 8.39. The number of aryl methyl sites for hydroxylation is 1. The van der Waals surface area contributed by atoms with Gasteiger partial charge in [-0.3, -0.25) is 4.99 Å². The molecule has 1 heterocycles. The van der Waals surface area contributed by atoms with Crippen molar-refractivity contribution in [1.82, 2.24) is 4.98 Å². The van der Waals surface area contributed by atoms with Crippen molar-refractivity contribution >= 4 is 32.5 Å². The number of halogens is 3. The fourth-order valence-corrected chi connectivity index (χ4v) is 3.70. The zero-order chi connectivity index (χ0) is 17.4. The number of rotatable bonds is 3. The summed E-state index contributed by atoms with van der Waals surface area (Å²) in [6, 6.07) is 10.8. The SMILES string of the molecule is Fc1cc2[nH]c3c(c2cc1F)CCC/C3=N\CCc1ccc(Br)cc1. The van der Waals surface area contributed by atoms with E-state index < -0.39 is 11.6 Å². The first kappa shape index (κ1) is 16.5. The van der Waals surface area contributed by atoms with Crippen molar-refractivity contribution in [2.45, 2.75) is 25.7 Å². The van der Waals surface area contributed by atoms with Gasteiger partial charge in [0, 0.05) is 28.0 Å². The van der Waals surface area contributed by atoms with Crippen LogP contribution in [-0.4, -0.2) is 17.2 Å². The lowest BCUT2D eigenvalue weighted by molar-refractivity contribution is 0.511. The summed E-state index contributed by atoms with van der Waals surface area (Å²) in [6.45, 7) is 0.703. The van der Waals surface area contributed by atoms with E-state index in [1.165, 1.54) is 17.7 Å². The second-order valence-corrected chi connectivity index (χ2v) is 7.26. The second kappa shape index (κ2) is 6.71. The Morgan fingerprint density at radius 3 is 2.60 bits per heavy atom. The Kier molecular flexibility index (Phi) is 4.42. The van der Waals surface area contributed by atoms with Gasteiger partial charge in [-0.15, -0.1) is 0 Å². The first-order valence-corrected chi connectivity index (χ1v) is 9.19. The molecular weight excluding hydrogens is 386 g/mol. The maximum absolute atomic E-state index is 13.6. The highest BCUT2D eigenvalue weighted by Gasteiger charge is 2.21. The van der Waals surface area contributed by atoms with Gasteiger partial charge in [-0.25, -0.2) is 8.78 Å². The molecule has 0 unspecified atom stereocenters. The number of nitrogens with one attached hydrogen (secondary N) is 1. The van der Waals surface area contributed by atoms with Crippen LogP contribution in [0.1, 0.15) is 29.7 Å². The fraction of sp³-hybridized carbons (Fsp3) is 0.250. The quantitative estimate of drug-likeness (QED) is 0.592. The average molecular weight is 403 g/mol. The number of nitrogens with zero attached hydrogens (tertiary/aromatic N) is 1. The lowest BCUT2D eigenvalue weighted by atomic mass is 9.94. The number of hydrogen-bond donors (Lipinski definition) is 1. The summed E-state index contributed by atoms with van der Waals surface area (Å²) in [5.74, 6) is -1.62. The number of hydrogen-bond acceptors (Lipinski definition) is 1. The number of H-pyrrole nitrogens is 1. The summed E-state index contributed by atoms with van der Waals surface area (Å²) >= 11 is 3.44. The van der Waals surface area contributed by atoms with E-state index in [-0.39, 0.29) is 0 Å². The second-order valence-electron chi connectivity index (χ2n) is 6.35. The number of benzene rings is 2. The van der Waals surface area contributed by atoms with Gasteiger partial charge in [0.1, 0.15) is 0 Å². The summed E-state index contributed by atoms with van der Waals surface area (Å²) in [6.07, 6.45) is 3.61. The molecular formula is C20H17BrF2N2. The van der Waals surface area contributed by atoms with Crippen LogP contribution in [0.2, 0.25) is 0 Å². The van der Waals surface area contributed by atoms with Crippen LogP contribution >= 0.6 is 15.9 Å². The van der Waals surface area contributed by atoms with Crippen molar-refractivity contribution in [2.75, 3.05) is 6.54 Å². The van der Waals surface area contributed by atoms with Gasteiger partial charge in [0.2, 0.25) is 0 Å². The molecule has 128 valence electrons. The van der Waals surface area contributed by atoms with Gasteiger partial charge in [0.15, 0.2) is 11.6 Å². The molecule has 0 saturated carbocycles. The summed E-state index contributed by atoms with van der Waals surface area (Å²) in [5.41, 5.74) is 4.90. The topological polar surface area (TPSA) is 28.1 Å². The Hall–Kier alpha value is -2.01. The smallest absolute Gasteiger partial charge is 0.160 e. The monoisotopic (exact) mass is 402 g/mol. The molecule has 0 radical (unpaired) electrons. The van der Waals surface area contributed by atoms with Gasteiger partial charge < -0.3 is 4.98 Å². The van der Waals surface area contributed by atoms with E-state index in [0.29, 0.717) is 12.1 Å². The third-order valence-corrected chi connectivity index (χ3v) is 5.22.